The van der Waals surface area contributed by atoms with Gasteiger partial charge in [0.1, 0.15) is 23.0 Å². The molecule has 0 unspecified atom stereocenters. The van der Waals surface area contributed by atoms with Crippen LogP contribution in [0.5, 0.6) is 28.7 Å². The molecule has 1 aliphatic rings. The maximum absolute atomic E-state index is 12.6. The van der Waals surface area contributed by atoms with Crippen LogP contribution in [-0.2, 0) is 4.74 Å². The van der Waals surface area contributed by atoms with E-state index in [1.165, 1.54) is 56.1 Å². The Morgan fingerprint density at radius 3 is 1.27 bits per heavy atom. The van der Waals surface area contributed by atoms with Crippen molar-refractivity contribution in [3.63, 3.8) is 0 Å². The SMILES string of the molecule is CC(C)c1cc(Br)c(N)c(Br)c1.CC(C)c1cc(Br)cc(Br)c1.CC(C)c1cc(Br)ccc1Br.CC(C)c1cc(Cl)c(O)c(Cl)c1.CC(C)c1ccc(O)c(Br)c1.CC(C)c1ccc(O)cc1.COC(=O)n1cc(C(C)C)c2ccccc21.Cc1cc(C(C)C)cc(C)c1O.Cc1cc(C(C)C)cc(C)c1OC(=O)N1CCN(c2ccncc2)CC1. The van der Waals surface area contributed by atoms with Crippen molar-refractivity contribution < 1.29 is 39.5 Å². The maximum atomic E-state index is 12.6. The lowest BCUT2D eigenvalue weighted by Crippen LogP contribution is -2.49. The number of phenols is 4. The Labute approximate surface area is 789 Å². The number of carbonyl (C=O) groups excluding carboxylic acids is 2. The average Bonchev–Trinajstić information content (AvgIpc) is 1.77. The van der Waals surface area contributed by atoms with E-state index in [-0.39, 0.29) is 17.9 Å². The number of rotatable bonds is 11. The lowest BCUT2D eigenvalue weighted by molar-refractivity contribution is 0.148. The lowest BCUT2D eigenvalue weighted by atomic mass is 9.98. The Bertz CT molecular complexity index is 4850. The van der Waals surface area contributed by atoms with Gasteiger partial charge in [0, 0.05) is 82.7 Å². The second kappa shape index (κ2) is 52.2. The molecule has 0 atom stereocenters. The molecule has 22 heteroatoms. The number of para-hydroxylation sites is 1. The highest BCUT2D eigenvalue weighted by Crippen LogP contribution is 2.38. The topological polar surface area (TPSA) is 184 Å². The maximum Gasteiger partial charge on any atom is 0.418 e. The van der Waals surface area contributed by atoms with Crippen molar-refractivity contribution in [2.45, 2.75) is 206 Å². The first-order valence-electron chi connectivity index (χ1n) is 40.5. The molecule has 0 aliphatic carbocycles. The average molecular weight is 2140 g/mol. The zero-order valence-corrected chi connectivity index (χ0v) is 86.6. The van der Waals surface area contributed by atoms with Gasteiger partial charge in [0.05, 0.1) is 32.8 Å². The number of benzene rings is 9. The molecule has 3 heterocycles. The van der Waals surface area contributed by atoms with Crippen LogP contribution in [0.3, 0.4) is 0 Å². The predicted octanol–water partition coefficient (Wildman–Crippen LogP) is 32.9. The van der Waals surface area contributed by atoms with Crippen LogP contribution in [0.4, 0.5) is 21.0 Å². The van der Waals surface area contributed by atoms with E-state index in [4.69, 9.17) is 43.5 Å². The number of hydrogen-bond acceptors (Lipinski definition) is 11. The summed E-state index contributed by atoms with van der Waals surface area (Å²) in [5.74, 6) is 6.19. The fourth-order valence-electron chi connectivity index (χ4n) is 12.0. The van der Waals surface area contributed by atoms with Gasteiger partial charge in [-0.05, 0) is 304 Å². The van der Waals surface area contributed by atoms with Crippen LogP contribution < -0.4 is 15.4 Å². The van der Waals surface area contributed by atoms with Gasteiger partial charge in [0.15, 0.2) is 5.75 Å². The number of hydrogen-bond donors (Lipinski definition) is 5. The summed E-state index contributed by atoms with van der Waals surface area (Å²) in [7, 11) is 1.39. The number of halogens is 9. The summed E-state index contributed by atoms with van der Waals surface area (Å²) in [6.07, 6.45) is 4.84. The number of aromatic hydroxyl groups is 4. The first-order chi connectivity index (χ1) is 56.7. The molecular formula is C99H122Br7Cl2N5O8. The minimum absolute atomic E-state index is 0.0391. The number of methoxy groups -OCH3 is 1. The Balaban J connectivity index is 0.000000292. The van der Waals surface area contributed by atoms with Crippen LogP contribution >= 0.6 is 135 Å². The molecule has 11 aromatic rings. The summed E-state index contributed by atoms with van der Waals surface area (Å²) in [4.78, 5) is 32.3. The van der Waals surface area contributed by atoms with Gasteiger partial charge in [-0.2, -0.15) is 0 Å². The molecule has 1 fully saturated rings. The quantitative estimate of drug-likeness (QED) is 0.0777. The van der Waals surface area contributed by atoms with Gasteiger partial charge in [-0.3, -0.25) is 9.55 Å². The van der Waals surface area contributed by atoms with Crippen LogP contribution in [0.25, 0.3) is 10.9 Å². The first-order valence-corrected chi connectivity index (χ1v) is 46.8. The molecule has 0 bridgehead atoms. The number of nitrogens with zero attached hydrogens (tertiary/aromatic N) is 4. The third-order valence-corrected chi connectivity index (χ3v) is 24.3. The minimum atomic E-state index is -0.344. The molecule has 654 valence electrons. The lowest BCUT2D eigenvalue weighted by Gasteiger charge is -2.35. The second-order valence-electron chi connectivity index (χ2n) is 32.3. The van der Waals surface area contributed by atoms with Crippen molar-refractivity contribution in [3.8, 4) is 28.7 Å². The van der Waals surface area contributed by atoms with E-state index in [0.29, 0.717) is 99.4 Å². The van der Waals surface area contributed by atoms with Crippen LogP contribution in [0.2, 0.25) is 10.0 Å². The molecule has 12 rings (SSSR count). The number of pyridine rings is 1. The summed E-state index contributed by atoms with van der Waals surface area (Å²) < 4.78 is 19.4. The zero-order chi connectivity index (χ0) is 91.1. The summed E-state index contributed by atoms with van der Waals surface area (Å²) in [5, 5.41) is 38.6. The minimum Gasteiger partial charge on any atom is -0.508 e. The summed E-state index contributed by atoms with van der Waals surface area (Å²) in [6.45, 7) is 49.3. The smallest absolute Gasteiger partial charge is 0.418 e. The summed E-state index contributed by atoms with van der Waals surface area (Å²) >= 11 is 35.4. The molecule has 1 aliphatic heterocycles. The number of aryl methyl sites for hydroxylation is 4. The third kappa shape index (κ3) is 34.9. The molecule has 0 radical (unpaired) electrons. The Hall–Kier alpha value is -6.85. The van der Waals surface area contributed by atoms with Crippen LogP contribution in [0.1, 0.15) is 250 Å². The van der Waals surface area contributed by atoms with Gasteiger partial charge in [-0.25, -0.2) is 9.59 Å². The molecule has 13 nitrogen and oxygen atoms in total. The number of carbonyl (C=O) groups is 2. The monoisotopic (exact) mass is 2130 g/mol. The number of nitrogen functional groups attached to an aromatic ring is 1. The standard InChI is InChI=1S/C21H27N3O2.C13H15NO2.C11H16O.C9H11Br2N.2C9H10Br2.C9H11BrO.C9H10Cl2O.C9H12O/c1-15(2)18-13-16(3)20(17(4)14-18)26-21(25)24-11-9-23(10-12-24)19-5-7-22-8-6-19;1-9(2)11-8-14(13(15)16-3)12-7-5-4-6-10(11)12;1-7(2)10-5-8(3)11(12)9(4)6-10;1-5(2)6-3-7(10)9(12)8(11)4-6;1-6(2)7-3-8(10)5-9(11)4-7;1-6(2)8-5-7(10)3-4-9(8)11;1-6(2)7-3-4-9(11)8(10)5-7;1-5(2)6-3-7(10)9(12)8(11)4-6;1-7(2)8-3-5-9(10)6-4-8/h5-8,13-15H,9-12H2,1-4H3;4-9H,1-3H3;5-7,12H,1-4H3;3-5H,12H2,1-2H3;2*3-6H,1-2H3;3-6,11H,1-2H3;3-5,12H,1-2H3;3-7,10H,1-2H3. The van der Waals surface area contributed by atoms with Crippen molar-refractivity contribution >= 4 is 169 Å². The van der Waals surface area contributed by atoms with Gasteiger partial charge in [0.2, 0.25) is 0 Å². The van der Waals surface area contributed by atoms with E-state index in [0.717, 1.165) is 90.0 Å². The summed E-state index contributed by atoms with van der Waals surface area (Å²) in [5.41, 5.74) is 23.8. The second-order valence-corrected chi connectivity index (χ2v) is 39.2. The van der Waals surface area contributed by atoms with Crippen molar-refractivity contribution in [1.29, 1.82) is 0 Å². The van der Waals surface area contributed by atoms with E-state index in [2.05, 4.69) is 281 Å². The number of aromatic nitrogens is 2. The van der Waals surface area contributed by atoms with Crippen molar-refractivity contribution in [2.24, 2.45) is 0 Å². The first kappa shape index (κ1) is 106. The number of anilines is 2. The number of nitrogens with two attached hydrogens (primary N) is 1. The summed E-state index contributed by atoms with van der Waals surface area (Å²) in [6, 6.07) is 53.3. The Kier molecular flexibility index (Phi) is 45.9. The van der Waals surface area contributed by atoms with Crippen molar-refractivity contribution in [2.75, 3.05) is 43.9 Å². The highest BCUT2D eigenvalue weighted by molar-refractivity contribution is 9.12. The molecule has 121 heavy (non-hydrogen) atoms. The van der Waals surface area contributed by atoms with Crippen molar-refractivity contribution in [1.82, 2.24) is 14.5 Å². The molecule has 6 N–H and O–H groups in total. The number of fused-ring (bicyclic) bond motifs is 1. The van der Waals surface area contributed by atoms with Crippen LogP contribution in [-0.4, -0.2) is 80.4 Å². The van der Waals surface area contributed by atoms with Gasteiger partial charge >= 0.3 is 12.2 Å². The predicted molar refractivity (Wildman–Crippen MR) is 536 cm³/mol. The molecule has 2 aromatic heterocycles. The van der Waals surface area contributed by atoms with Gasteiger partial charge in [-0.1, -0.05) is 272 Å². The number of piperazine rings is 1. The van der Waals surface area contributed by atoms with Crippen LogP contribution in [0.15, 0.2) is 214 Å². The van der Waals surface area contributed by atoms with E-state index < -0.39 is 0 Å². The highest BCUT2D eigenvalue weighted by Gasteiger charge is 2.25. The Morgan fingerprint density at radius 1 is 0.413 bits per heavy atom. The molecule has 1 saturated heterocycles. The van der Waals surface area contributed by atoms with Crippen molar-refractivity contribution in [3.05, 3.63) is 296 Å². The Morgan fingerprint density at radius 2 is 0.835 bits per heavy atom. The van der Waals surface area contributed by atoms with Gasteiger partial charge < -0.3 is 45.4 Å². The molecule has 0 saturated carbocycles. The largest absolute Gasteiger partial charge is 0.508 e. The van der Waals surface area contributed by atoms with E-state index in [1.807, 2.05) is 133 Å². The molecule has 0 spiro atoms. The fraction of sp³-hybridized carbons (Fsp3) is 0.364. The number of phenolic OH excluding ortho intramolecular Hbond substituents is 4. The molecular weight excluding hydrogens is 2020 g/mol. The third-order valence-electron chi connectivity index (χ3n) is 19.6. The number of amides is 1. The van der Waals surface area contributed by atoms with E-state index in [1.54, 1.807) is 52.2 Å². The van der Waals surface area contributed by atoms with Gasteiger partial charge in [0.25, 0.3) is 0 Å². The zero-order valence-electron chi connectivity index (χ0n) is 74.0. The number of ether oxygens (including phenoxy) is 2. The molecule has 1 amide bonds. The fourth-order valence-corrected chi connectivity index (χ4v) is 16.6. The van der Waals surface area contributed by atoms with E-state index in [9.17, 15) is 24.9 Å². The van der Waals surface area contributed by atoms with Gasteiger partial charge in [-0.15, -0.1) is 0 Å². The van der Waals surface area contributed by atoms with Crippen LogP contribution in [0, 0.1) is 27.7 Å². The normalized spacial score (nSPS) is 11.5. The highest BCUT2D eigenvalue weighted by atomic mass is 79.9. The van der Waals surface area contributed by atoms with E-state index >= 15 is 0 Å². The molecule has 9 aromatic carbocycles.